The van der Waals surface area contributed by atoms with Crippen LogP contribution in [-0.2, 0) is 4.79 Å². The highest BCUT2D eigenvalue weighted by Crippen LogP contribution is 2.24. The zero-order valence-electron chi connectivity index (χ0n) is 9.75. The molecule has 3 N–H and O–H groups in total. The van der Waals surface area contributed by atoms with E-state index in [1.165, 1.54) is 10.5 Å². The second-order valence-corrected chi connectivity index (χ2v) is 4.79. The standard InChI is InChI=1S/C12H18N2OS/c1-9-8-10(13)5-6-11(9)16-7-3-4-12(15)14-2/h5-6,8H,3-4,7,13H2,1-2H3,(H,14,15). The maximum absolute atomic E-state index is 11.0. The van der Waals surface area contributed by atoms with Crippen LogP contribution in [0.3, 0.4) is 0 Å². The van der Waals surface area contributed by atoms with Gasteiger partial charge in [-0.25, -0.2) is 0 Å². The van der Waals surface area contributed by atoms with Gasteiger partial charge < -0.3 is 11.1 Å². The first-order valence-corrected chi connectivity index (χ1v) is 6.31. The first-order chi connectivity index (χ1) is 7.63. The van der Waals surface area contributed by atoms with Gasteiger partial charge in [-0.1, -0.05) is 0 Å². The molecule has 0 radical (unpaired) electrons. The van der Waals surface area contributed by atoms with Gasteiger partial charge in [-0.2, -0.15) is 0 Å². The summed E-state index contributed by atoms with van der Waals surface area (Å²) >= 11 is 1.77. The number of hydrogen-bond donors (Lipinski definition) is 2. The van der Waals surface area contributed by atoms with E-state index in [-0.39, 0.29) is 5.91 Å². The summed E-state index contributed by atoms with van der Waals surface area (Å²) in [6.45, 7) is 2.05. The molecular formula is C12H18N2OS. The van der Waals surface area contributed by atoms with Gasteiger partial charge in [-0.15, -0.1) is 11.8 Å². The molecule has 0 bridgehead atoms. The van der Waals surface area contributed by atoms with Crippen LogP contribution in [0.5, 0.6) is 0 Å². The zero-order valence-corrected chi connectivity index (χ0v) is 10.6. The molecule has 0 saturated heterocycles. The summed E-state index contributed by atoms with van der Waals surface area (Å²) in [6.07, 6.45) is 1.49. The summed E-state index contributed by atoms with van der Waals surface area (Å²) in [4.78, 5) is 12.2. The van der Waals surface area contributed by atoms with E-state index in [2.05, 4.69) is 12.2 Å². The second-order valence-electron chi connectivity index (χ2n) is 3.65. The van der Waals surface area contributed by atoms with Crippen molar-refractivity contribution in [2.75, 3.05) is 18.5 Å². The second kappa shape index (κ2) is 6.43. The van der Waals surface area contributed by atoms with Crippen LogP contribution in [-0.4, -0.2) is 18.7 Å². The molecule has 1 amide bonds. The Morgan fingerprint density at radius 2 is 2.25 bits per heavy atom. The fraction of sp³-hybridized carbons (Fsp3) is 0.417. The van der Waals surface area contributed by atoms with Crippen molar-refractivity contribution in [1.29, 1.82) is 0 Å². The lowest BCUT2D eigenvalue weighted by Crippen LogP contribution is -2.17. The topological polar surface area (TPSA) is 55.1 Å². The Kier molecular flexibility index (Phi) is 5.19. The van der Waals surface area contributed by atoms with Crippen molar-refractivity contribution in [2.45, 2.75) is 24.7 Å². The molecule has 88 valence electrons. The van der Waals surface area contributed by atoms with Crippen LogP contribution in [0, 0.1) is 6.92 Å². The van der Waals surface area contributed by atoms with Crippen LogP contribution in [0.4, 0.5) is 5.69 Å². The van der Waals surface area contributed by atoms with Crippen LogP contribution in [0.1, 0.15) is 18.4 Å². The summed E-state index contributed by atoms with van der Waals surface area (Å²) < 4.78 is 0. The SMILES string of the molecule is CNC(=O)CCCSc1ccc(N)cc1C. The third-order valence-electron chi connectivity index (χ3n) is 2.28. The van der Waals surface area contributed by atoms with Gasteiger partial charge in [0.25, 0.3) is 0 Å². The quantitative estimate of drug-likeness (QED) is 0.470. The Hall–Kier alpha value is -1.16. The van der Waals surface area contributed by atoms with Gasteiger partial charge in [0.1, 0.15) is 0 Å². The Balaban J connectivity index is 2.35. The molecule has 0 aliphatic carbocycles. The molecule has 16 heavy (non-hydrogen) atoms. The summed E-state index contributed by atoms with van der Waals surface area (Å²) in [6, 6.07) is 5.92. The molecule has 0 heterocycles. The number of aryl methyl sites for hydroxylation is 1. The predicted molar refractivity (Wildman–Crippen MR) is 69.6 cm³/mol. The fourth-order valence-electron chi connectivity index (χ4n) is 1.37. The molecule has 0 atom stereocenters. The van der Waals surface area contributed by atoms with Gasteiger partial charge in [0.15, 0.2) is 0 Å². The molecule has 0 fully saturated rings. The number of amides is 1. The van der Waals surface area contributed by atoms with E-state index in [9.17, 15) is 4.79 Å². The molecule has 0 unspecified atom stereocenters. The Morgan fingerprint density at radius 1 is 1.50 bits per heavy atom. The Morgan fingerprint density at radius 3 is 2.88 bits per heavy atom. The van der Waals surface area contributed by atoms with E-state index >= 15 is 0 Å². The Bertz CT molecular complexity index is 366. The predicted octanol–water partition coefficient (Wildman–Crippen LogP) is 2.20. The minimum Gasteiger partial charge on any atom is -0.399 e. The highest BCUT2D eigenvalue weighted by molar-refractivity contribution is 7.99. The minimum atomic E-state index is 0.106. The van der Waals surface area contributed by atoms with Gasteiger partial charge in [0.05, 0.1) is 0 Å². The lowest BCUT2D eigenvalue weighted by molar-refractivity contribution is -0.120. The molecule has 3 nitrogen and oxygen atoms in total. The molecule has 4 heteroatoms. The number of thioether (sulfide) groups is 1. The van der Waals surface area contributed by atoms with Crippen LogP contribution in [0.2, 0.25) is 0 Å². The number of carbonyl (C=O) groups is 1. The van der Waals surface area contributed by atoms with E-state index in [0.29, 0.717) is 6.42 Å². The summed E-state index contributed by atoms with van der Waals surface area (Å²) in [5, 5.41) is 2.62. The number of anilines is 1. The smallest absolute Gasteiger partial charge is 0.219 e. The molecule has 1 aromatic rings. The molecule has 0 saturated carbocycles. The van der Waals surface area contributed by atoms with Crippen LogP contribution >= 0.6 is 11.8 Å². The third-order valence-corrected chi connectivity index (χ3v) is 3.55. The monoisotopic (exact) mass is 238 g/mol. The molecule has 1 rings (SSSR count). The number of rotatable bonds is 5. The summed E-state index contributed by atoms with van der Waals surface area (Å²) in [7, 11) is 1.67. The lowest BCUT2D eigenvalue weighted by atomic mass is 10.2. The normalized spacial score (nSPS) is 10.1. The van der Waals surface area contributed by atoms with Crippen molar-refractivity contribution in [2.24, 2.45) is 0 Å². The third kappa shape index (κ3) is 4.14. The van der Waals surface area contributed by atoms with Crippen molar-refractivity contribution in [3.8, 4) is 0 Å². The average molecular weight is 238 g/mol. The van der Waals surface area contributed by atoms with Crippen LogP contribution in [0.25, 0.3) is 0 Å². The van der Waals surface area contributed by atoms with E-state index in [1.807, 2.05) is 18.2 Å². The molecule has 1 aromatic carbocycles. The van der Waals surface area contributed by atoms with Crippen LogP contribution < -0.4 is 11.1 Å². The van der Waals surface area contributed by atoms with Crippen molar-refractivity contribution in [3.63, 3.8) is 0 Å². The first kappa shape index (κ1) is 12.9. The number of nitrogens with two attached hydrogens (primary N) is 1. The zero-order chi connectivity index (χ0) is 12.0. The molecular weight excluding hydrogens is 220 g/mol. The van der Waals surface area contributed by atoms with Crippen molar-refractivity contribution >= 4 is 23.4 Å². The maximum atomic E-state index is 11.0. The van der Waals surface area contributed by atoms with Gasteiger partial charge >= 0.3 is 0 Å². The molecule has 0 spiro atoms. The van der Waals surface area contributed by atoms with Gasteiger partial charge in [-0.05, 0) is 42.9 Å². The highest BCUT2D eigenvalue weighted by atomic mass is 32.2. The van der Waals surface area contributed by atoms with Gasteiger partial charge in [0.2, 0.25) is 5.91 Å². The van der Waals surface area contributed by atoms with Crippen LogP contribution in [0.15, 0.2) is 23.1 Å². The average Bonchev–Trinajstić information content (AvgIpc) is 2.26. The number of benzene rings is 1. The van der Waals surface area contributed by atoms with Gasteiger partial charge in [-0.3, -0.25) is 4.79 Å². The molecule has 0 aliphatic rings. The van der Waals surface area contributed by atoms with E-state index in [4.69, 9.17) is 5.73 Å². The summed E-state index contributed by atoms with van der Waals surface area (Å²) in [5.74, 6) is 1.06. The maximum Gasteiger partial charge on any atom is 0.219 e. The van der Waals surface area contributed by atoms with Gasteiger partial charge in [0, 0.05) is 24.1 Å². The lowest BCUT2D eigenvalue weighted by Gasteiger charge is -2.06. The fourth-order valence-corrected chi connectivity index (χ4v) is 2.33. The highest BCUT2D eigenvalue weighted by Gasteiger charge is 2.01. The van der Waals surface area contributed by atoms with Crippen molar-refractivity contribution in [3.05, 3.63) is 23.8 Å². The largest absolute Gasteiger partial charge is 0.399 e. The summed E-state index contributed by atoms with van der Waals surface area (Å²) in [5.41, 5.74) is 7.68. The minimum absolute atomic E-state index is 0.106. The Labute approximate surface area is 101 Å². The molecule has 0 aliphatic heterocycles. The number of nitrogens with one attached hydrogen (secondary N) is 1. The van der Waals surface area contributed by atoms with Crippen molar-refractivity contribution < 1.29 is 4.79 Å². The molecule has 0 aromatic heterocycles. The number of nitrogen functional groups attached to an aromatic ring is 1. The van der Waals surface area contributed by atoms with E-state index in [1.54, 1.807) is 18.8 Å². The number of carbonyl (C=O) groups excluding carboxylic acids is 1. The van der Waals surface area contributed by atoms with E-state index in [0.717, 1.165) is 17.9 Å². The first-order valence-electron chi connectivity index (χ1n) is 5.33. The van der Waals surface area contributed by atoms with E-state index < -0.39 is 0 Å². The number of hydrogen-bond acceptors (Lipinski definition) is 3. The van der Waals surface area contributed by atoms with Crippen molar-refractivity contribution in [1.82, 2.24) is 5.32 Å².